The predicted octanol–water partition coefficient (Wildman–Crippen LogP) is 3.34. The van der Waals surface area contributed by atoms with Gasteiger partial charge in [0.05, 0.1) is 0 Å². The van der Waals surface area contributed by atoms with Gasteiger partial charge in [-0.05, 0) is 17.7 Å². The Labute approximate surface area is 140 Å². The summed E-state index contributed by atoms with van der Waals surface area (Å²) in [5.74, 6) is 1.59. The van der Waals surface area contributed by atoms with Gasteiger partial charge in [-0.15, -0.1) is 21.5 Å². The van der Waals surface area contributed by atoms with E-state index >= 15 is 0 Å². The molecule has 3 heterocycles. The van der Waals surface area contributed by atoms with Crippen molar-refractivity contribution in [1.82, 2.24) is 19.9 Å². The second-order valence-corrected chi connectivity index (χ2v) is 6.96. The van der Waals surface area contributed by atoms with Crippen molar-refractivity contribution < 1.29 is 0 Å². The van der Waals surface area contributed by atoms with Crippen molar-refractivity contribution in [2.75, 3.05) is 5.75 Å². The molecule has 0 N–H and O–H groups in total. The highest BCUT2D eigenvalue weighted by atomic mass is 35.5. The van der Waals surface area contributed by atoms with Crippen LogP contribution in [0.25, 0.3) is 0 Å². The topological polar surface area (TPSA) is 56.0 Å². The molecule has 0 radical (unpaired) electrons. The molecular formula is C14H10ClN5S2. The zero-order valence-corrected chi connectivity index (χ0v) is 13.7. The summed E-state index contributed by atoms with van der Waals surface area (Å²) in [5, 5.41) is 17.6. The van der Waals surface area contributed by atoms with Gasteiger partial charge in [-0.3, -0.25) is 0 Å². The van der Waals surface area contributed by atoms with E-state index in [1.165, 1.54) is 0 Å². The number of benzene rings is 1. The molecule has 1 aliphatic rings. The SMILES string of the molecule is Clc1ccc(Cc2nnc3n2N=C(c2nccs2)CS3)cc1. The van der Waals surface area contributed by atoms with Crippen LogP contribution in [0, 0.1) is 0 Å². The van der Waals surface area contributed by atoms with Gasteiger partial charge in [0.25, 0.3) is 0 Å². The van der Waals surface area contributed by atoms with Crippen molar-refractivity contribution in [3.8, 4) is 0 Å². The Kier molecular flexibility index (Phi) is 3.69. The fourth-order valence-electron chi connectivity index (χ4n) is 2.13. The Morgan fingerprint density at radius 3 is 2.82 bits per heavy atom. The minimum Gasteiger partial charge on any atom is -0.243 e. The molecule has 3 aromatic rings. The highest BCUT2D eigenvalue weighted by Gasteiger charge is 2.20. The van der Waals surface area contributed by atoms with Crippen molar-refractivity contribution in [2.24, 2.45) is 5.10 Å². The minimum atomic E-state index is 0.666. The first-order chi connectivity index (χ1) is 10.8. The van der Waals surface area contributed by atoms with Gasteiger partial charge in [0, 0.05) is 28.8 Å². The maximum Gasteiger partial charge on any atom is 0.212 e. The molecule has 1 aliphatic heterocycles. The summed E-state index contributed by atoms with van der Waals surface area (Å²) in [6.07, 6.45) is 2.46. The molecule has 0 amide bonds. The van der Waals surface area contributed by atoms with Crippen molar-refractivity contribution in [2.45, 2.75) is 11.6 Å². The highest BCUT2D eigenvalue weighted by molar-refractivity contribution is 7.99. The quantitative estimate of drug-likeness (QED) is 0.729. The van der Waals surface area contributed by atoms with E-state index in [0.717, 1.165) is 38.0 Å². The number of halogens is 1. The van der Waals surface area contributed by atoms with Crippen LogP contribution >= 0.6 is 34.7 Å². The lowest BCUT2D eigenvalue weighted by atomic mass is 10.1. The fourth-order valence-corrected chi connectivity index (χ4v) is 3.80. The third kappa shape index (κ3) is 2.67. The van der Waals surface area contributed by atoms with Crippen LogP contribution in [-0.4, -0.2) is 31.3 Å². The molecule has 110 valence electrons. The van der Waals surface area contributed by atoms with E-state index in [9.17, 15) is 0 Å². The summed E-state index contributed by atoms with van der Waals surface area (Å²) >= 11 is 9.15. The molecular weight excluding hydrogens is 338 g/mol. The molecule has 8 heteroatoms. The molecule has 0 unspecified atom stereocenters. The second kappa shape index (κ2) is 5.83. The monoisotopic (exact) mass is 347 g/mol. The lowest BCUT2D eigenvalue weighted by molar-refractivity contribution is 0.720. The molecule has 2 aromatic heterocycles. The van der Waals surface area contributed by atoms with E-state index < -0.39 is 0 Å². The average molecular weight is 348 g/mol. The van der Waals surface area contributed by atoms with Gasteiger partial charge >= 0.3 is 0 Å². The number of fused-ring (bicyclic) bond motifs is 1. The van der Waals surface area contributed by atoms with Gasteiger partial charge in [0.15, 0.2) is 5.82 Å². The summed E-state index contributed by atoms with van der Waals surface area (Å²) in [6.45, 7) is 0. The van der Waals surface area contributed by atoms with Gasteiger partial charge in [-0.1, -0.05) is 35.5 Å². The molecule has 0 fully saturated rings. The second-order valence-electron chi connectivity index (χ2n) is 4.69. The third-order valence-corrected chi connectivity index (χ3v) is 5.19. The Morgan fingerprint density at radius 2 is 2.05 bits per heavy atom. The number of hydrogen-bond donors (Lipinski definition) is 0. The van der Waals surface area contributed by atoms with E-state index in [2.05, 4.69) is 20.3 Å². The average Bonchev–Trinajstić information content (AvgIpc) is 3.19. The number of thiazole rings is 1. The van der Waals surface area contributed by atoms with Crippen LogP contribution in [0.1, 0.15) is 16.4 Å². The summed E-state index contributed by atoms with van der Waals surface area (Å²) in [7, 11) is 0. The molecule has 22 heavy (non-hydrogen) atoms. The van der Waals surface area contributed by atoms with Crippen LogP contribution in [0.5, 0.6) is 0 Å². The standard InChI is InChI=1S/C14H10ClN5S2/c15-10-3-1-9(2-4-10)7-12-17-18-14-20(12)19-11(8-22-14)13-16-5-6-21-13/h1-6H,7-8H2. The summed E-state index contributed by atoms with van der Waals surface area (Å²) < 4.78 is 1.82. The van der Waals surface area contributed by atoms with E-state index in [1.807, 2.05) is 34.3 Å². The molecule has 0 spiro atoms. The van der Waals surface area contributed by atoms with E-state index in [0.29, 0.717) is 6.42 Å². The molecule has 0 aliphatic carbocycles. The van der Waals surface area contributed by atoms with Crippen LogP contribution in [0.3, 0.4) is 0 Å². The lowest BCUT2D eigenvalue weighted by Crippen LogP contribution is -2.14. The molecule has 0 atom stereocenters. The number of hydrogen-bond acceptors (Lipinski definition) is 6. The Balaban J connectivity index is 1.67. The Hall–Kier alpha value is -1.70. The van der Waals surface area contributed by atoms with Crippen LogP contribution in [-0.2, 0) is 6.42 Å². The van der Waals surface area contributed by atoms with E-state index in [4.69, 9.17) is 11.6 Å². The van der Waals surface area contributed by atoms with Gasteiger partial charge in [0.2, 0.25) is 5.16 Å². The molecule has 1 aromatic carbocycles. The number of aromatic nitrogens is 4. The van der Waals surface area contributed by atoms with Gasteiger partial charge in [-0.25, -0.2) is 4.98 Å². The molecule has 0 bridgehead atoms. The maximum atomic E-state index is 5.92. The zero-order chi connectivity index (χ0) is 14.9. The number of rotatable bonds is 3. The van der Waals surface area contributed by atoms with Crippen LogP contribution in [0.4, 0.5) is 0 Å². The lowest BCUT2D eigenvalue weighted by Gasteiger charge is -2.12. The minimum absolute atomic E-state index is 0.666. The van der Waals surface area contributed by atoms with Crippen molar-refractivity contribution >= 4 is 40.4 Å². The van der Waals surface area contributed by atoms with E-state index in [1.54, 1.807) is 29.3 Å². The summed E-state index contributed by atoms with van der Waals surface area (Å²) in [5.41, 5.74) is 2.09. The van der Waals surface area contributed by atoms with Crippen molar-refractivity contribution in [1.29, 1.82) is 0 Å². The van der Waals surface area contributed by atoms with Crippen molar-refractivity contribution in [3.05, 3.63) is 57.3 Å². The zero-order valence-electron chi connectivity index (χ0n) is 11.3. The normalized spacial score (nSPS) is 13.8. The van der Waals surface area contributed by atoms with Gasteiger partial charge < -0.3 is 0 Å². The first-order valence-corrected chi connectivity index (χ1v) is 8.83. The van der Waals surface area contributed by atoms with Gasteiger partial charge in [-0.2, -0.15) is 9.78 Å². The summed E-state index contributed by atoms with van der Waals surface area (Å²) in [4.78, 5) is 4.33. The Morgan fingerprint density at radius 1 is 1.18 bits per heavy atom. The smallest absolute Gasteiger partial charge is 0.212 e. The largest absolute Gasteiger partial charge is 0.243 e. The van der Waals surface area contributed by atoms with Gasteiger partial charge in [0.1, 0.15) is 10.7 Å². The third-order valence-electron chi connectivity index (χ3n) is 3.19. The van der Waals surface area contributed by atoms with Crippen LogP contribution in [0.15, 0.2) is 46.1 Å². The van der Waals surface area contributed by atoms with Crippen LogP contribution < -0.4 is 0 Å². The molecule has 4 rings (SSSR count). The number of nitrogens with zero attached hydrogens (tertiary/aromatic N) is 5. The first-order valence-electron chi connectivity index (χ1n) is 6.59. The molecule has 0 saturated heterocycles. The van der Waals surface area contributed by atoms with Crippen LogP contribution in [0.2, 0.25) is 5.02 Å². The number of thioether (sulfide) groups is 1. The Bertz CT molecular complexity index is 824. The first kappa shape index (κ1) is 13.9. The van der Waals surface area contributed by atoms with E-state index in [-0.39, 0.29) is 0 Å². The maximum absolute atomic E-state index is 5.92. The summed E-state index contributed by atoms with van der Waals surface area (Å²) in [6, 6.07) is 7.74. The predicted molar refractivity (Wildman–Crippen MR) is 89.1 cm³/mol. The highest BCUT2D eigenvalue weighted by Crippen LogP contribution is 2.25. The fraction of sp³-hybridized carbons (Fsp3) is 0.143. The molecule has 0 saturated carbocycles. The molecule has 5 nitrogen and oxygen atoms in total. The van der Waals surface area contributed by atoms with Crippen molar-refractivity contribution in [3.63, 3.8) is 0 Å².